The minimum Gasteiger partial charge on any atom is -0.508 e. The van der Waals surface area contributed by atoms with Crippen LogP contribution in [0, 0.1) is 6.92 Å². The average Bonchev–Trinajstić information content (AvgIpc) is 2.22. The summed E-state index contributed by atoms with van der Waals surface area (Å²) >= 11 is 0. The Morgan fingerprint density at radius 2 is 1.88 bits per heavy atom. The van der Waals surface area contributed by atoms with Crippen LogP contribution in [-0.2, 0) is 0 Å². The highest BCUT2D eigenvalue weighted by atomic mass is 16.3. The topological polar surface area (TPSA) is 40.5 Å². The molecule has 2 N–H and O–H groups in total. The second-order valence-corrected chi connectivity index (χ2v) is 4.96. The number of aromatic hydroxyl groups is 2. The third kappa shape index (κ3) is 3.81. The molecule has 0 spiro atoms. The van der Waals surface area contributed by atoms with Crippen molar-refractivity contribution in [3.05, 3.63) is 34.9 Å². The molecule has 0 fully saturated rings. The third-order valence-electron chi connectivity index (χ3n) is 3.03. The molecule has 0 aliphatic rings. The lowest BCUT2D eigenvalue weighted by atomic mass is 9.93. The Morgan fingerprint density at radius 1 is 1.24 bits per heavy atom. The molecule has 1 rings (SSSR count). The van der Waals surface area contributed by atoms with Crippen LogP contribution in [0.4, 0.5) is 0 Å². The average molecular weight is 234 g/mol. The van der Waals surface area contributed by atoms with Crippen LogP contribution in [0.3, 0.4) is 0 Å². The molecule has 0 radical (unpaired) electrons. The molecule has 0 aliphatic carbocycles. The molecule has 94 valence electrons. The van der Waals surface area contributed by atoms with Crippen LogP contribution in [0.15, 0.2) is 23.8 Å². The summed E-state index contributed by atoms with van der Waals surface area (Å²) < 4.78 is 0. The molecule has 17 heavy (non-hydrogen) atoms. The molecule has 0 saturated heterocycles. The molecule has 2 nitrogen and oxygen atoms in total. The van der Waals surface area contributed by atoms with Gasteiger partial charge in [0, 0.05) is 5.56 Å². The fourth-order valence-electron chi connectivity index (χ4n) is 1.87. The number of hydrogen-bond donors (Lipinski definition) is 2. The fraction of sp³-hybridized carbons (Fsp3) is 0.467. The number of benzene rings is 1. The van der Waals surface area contributed by atoms with E-state index in [1.807, 2.05) is 0 Å². The first-order chi connectivity index (χ1) is 7.91. The van der Waals surface area contributed by atoms with Gasteiger partial charge in [-0.1, -0.05) is 18.6 Å². The van der Waals surface area contributed by atoms with E-state index in [1.54, 1.807) is 19.1 Å². The van der Waals surface area contributed by atoms with E-state index in [2.05, 4.69) is 26.8 Å². The Kier molecular flexibility index (Phi) is 4.62. The van der Waals surface area contributed by atoms with Gasteiger partial charge in [0.25, 0.3) is 0 Å². The maximum atomic E-state index is 9.87. The maximum Gasteiger partial charge on any atom is 0.119 e. The van der Waals surface area contributed by atoms with Crippen molar-refractivity contribution >= 4 is 0 Å². The molecule has 0 unspecified atom stereocenters. The zero-order chi connectivity index (χ0) is 13.0. The Labute approximate surface area is 104 Å². The van der Waals surface area contributed by atoms with Crippen molar-refractivity contribution in [2.24, 2.45) is 0 Å². The van der Waals surface area contributed by atoms with Gasteiger partial charge in [0.05, 0.1) is 0 Å². The van der Waals surface area contributed by atoms with Gasteiger partial charge in [-0.25, -0.2) is 0 Å². The van der Waals surface area contributed by atoms with E-state index in [1.165, 1.54) is 5.57 Å². The molecule has 0 heterocycles. The number of aryl methyl sites for hydroxylation is 1. The molecule has 1 aromatic carbocycles. The first kappa shape index (κ1) is 13.6. The second kappa shape index (κ2) is 5.76. The summed E-state index contributed by atoms with van der Waals surface area (Å²) in [6.07, 6.45) is 4.17. The van der Waals surface area contributed by atoms with Gasteiger partial charge in [-0.05, 0) is 57.2 Å². The molecule has 0 aromatic heterocycles. The zero-order valence-electron chi connectivity index (χ0n) is 11.1. The smallest absolute Gasteiger partial charge is 0.119 e. The van der Waals surface area contributed by atoms with E-state index in [4.69, 9.17) is 0 Å². The van der Waals surface area contributed by atoms with Gasteiger partial charge in [-0.3, -0.25) is 0 Å². The van der Waals surface area contributed by atoms with E-state index in [0.29, 0.717) is 5.56 Å². The van der Waals surface area contributed by atoms with Crippen LogP contribution in [0.25, 0.3) is 0 Å². The van der Waals surface area contributed by atoms with E-state index in [9.17, 15) is 10.2 Å². The van der Waals surface area contributed by atoms with Crippen molar-refractivity contribution in [1.29, 1.82) is 0 Å². The normalized spacial score (nSPS) is 12.2. The lowest BCUT2D eigenvalue weighted by Gasteiger charge is -2.14. The van der Waals surface area contributed by atoms with Gasteiger partial charge in [0.15, 0.2) is 0 Å². The Balaban J connectivity index is 2.78. The fourth-order valence-corrected chi connectivity index (χ4v) is 1.87. The van der Waals surface area contributed by atoms with Crippen molar-refractivity contribution in [2.75, 3.05) is 0 Å². The summed E-state index contributed by atoms with van der Waals surface area (Å²) in [6, 6.07) is 3.31. The van der Waals surface area contributed by atoms with Crippen molar-refractivity contribution in [3.8, 4) is 11.5 Å². The van der Waals surface area contributed by atoms with Crippen molar-refractivity contribution in [1.82, 2.24) is 0 Å². The number of phenolic OH excluding ortho intramolecular Hbond substituents is 2. The highest BCUT2D eigenvalue weighted by Crippen LogP contribution is 2.34. The van der Waals surface area contributed by atoms with E-state index in [-0.39, 0.29) is 17.4 Å². The Bertz CT molecular complexity index is 415. The second-order valence-electron chi connectivity index (χ2n) is 4.96. The summed E-state index contributed by atoms with van der Waals surface area (Å²) in [7, 11) is 0. The monoisotopic (exact) mass is 234 g/mol. The third-order valence-corrected chi connectivity index (χ3v) is 3.03. The molecular weight excluding hydrogens is 212 g/mol. The van der Waals surface area contributed by atoms with E-state index < -0.39 is 0 Å². The van der Waals surface area contributed by atoms with E-state index in [0.717, 1.165) is 18.4 Å². The molecular formula is C15H22O2. The molecule has 1 aromatic rings. The highest BCUT2D eigenvalue weighted by molar-refractivity contribution is 5.45. The number of allylic oxidation sites excluding steroid dienone is 2. The zero-order valence-corrected chi connectivity index (χ0v) is 11.1. The van der Waals surface area contributed by atoms with Crippen LogP contribution in [-0.4, -0.2) is 10.2 Å². The van der Waals surface area contributed by atoms with Gasteiger partial charge in [-0.2, -0.15) is 0 Å². The summed E-state index contributed by atoms with van der Waals surface area (Å²) in [5.74, 6) is 0.786. The lowest BCUT2D eigenvalue weighted by Crippen LogP contribution is -1.94. The molecule has 2 heteroatoms. The Morgan fingerprint density at radius 3 is 2.47 bits per heavy atom. The largest absolute Gasteiger partial charge is 0.508 e. The lowest BCUT2D eigenvalue weighted by molar-refractivity contribution is 0.445. The molecule has 1 atom stereocenters. The first-order valence-corrected chi connectivity index (χ1v) is 6.07. The maximum absolute atomic E-state index is 9.87. The van der Waals surface area contributed by atoms with Crippen LogP contribution < -0.4 is 0 Å². The van der Waals surface area contributed by atoms with Gasteiger partial charge in [0.2, 0.25) is 0 Å². The van der Waals surface area contributed by atoms with Gasteiger partial charge in [0.1, 0.15) is 11.5 Å². The van der Waals surface area contributed by atoms with Crippen LogP contribution >= 0.6 is 0 Å². The van der Waals surface area contributed by atoms with Crippen molar-refractivity contribution in [2.45, 2.75) is 46.5 Å². The van der Waals surface area contributed by atoms with Crippen molar-refractivity contribution in [3.63, 3.8) is 0 Å². The predicted octanol–water partition coefficient (Wildman–Crippen LogP) is 4.26. The van der Waals surface area contributed by atoms with Gasteiger partial charge in [-0.15, -0.1) is 0 Å². The minimum absolute atomic E-state index is 0.247. The predicted molar refractivity (Wildman–Crippen MR) is 71.6 cm³/mol. The number of rotatable bonds is 4. The SMILES string of the molecule is CC(C)=CCC[C@@H](C)c1cc(O)c(C)cc1O. The van der Waals surface area contributed by atoms with Crippen LogP contribution in [0.1, 0.15) is 50.7 Å². The van der Waals surface area contributed by atoms with Crippen LogP contribution in [0.2, 0.25) is 0 Å². The minimum atomic E-state index is 0.247. The standard InChI is InChI=1S/C15H22O2/c1-10(2)6-5-7-11(3)13-9-14(16)12(4)8-15(13)17/h6,8-9,11,16-17H,5,7H2,1-4H3/t11-/m1/s1. The van der Waals surface area contributed by atoms with E-state index >= 15 is 0 Å². The van der Waals surface area contributed by atoms with Crippen LogP contribution in [0.5, 0.6) is 11.5 Å². The number of hydrogen-bond acceptors (Lipinski definition) is 2. The molecule has 0 aliphatic heterocycles. The summed E-state index contributed by atoms with van der Waals surface area (Å²) in [5.41, 5.74) is 2.85. The Hall–Kier alpha value is -1.44. The molecule has 0 saturated carbocycles. The first-order valence-electron chi connectivity index (χ1n) is 6.07. The molecule has 0 bridgehead atoms. The highest BCUT2D eigenvalue weighted by Gasteiger charge is 2.12. The summed E-state index contributed by atoms with van der Waals surface area (Å²) in [6.45, 7) is 8.02. The summed E-state index contributed by atoms with van der Waals surface area (Å²) in [5, 5.41) is 19.5. The quantitative estimate of drug-likeness (QED) is 0.603. The van der Waals surface area contributed by atoms with Gasteiger partial charge < -0.3 is 10.2 Å². The van der Waals surface area contributed by atoms with Gasteiger partial charge >= 0.3 is 0 Å². The molecule has 0 amide bonds. The van der Waals surface area contributed by atoms with Crippen molar-refractivity contribution < 1.29 is 10.2 Å². The number of phenols is 2. The summed E-state index contributed by atoms with van der Waals surface area (Å²) in [4.78, 5) is 0.